The number of hydrogen-bond acceptors (Lipinski definition) is 5. The summed E-state index contributed by atoms with van der Waals surface area (Å²) in [6.07, 6.45) is 2.31. The molecule has 0 spiro atoms. The van der Waals surface area contributed by atoms with Crippen LogP contribution in [0.15, 0.2) is 29.2 Å². The number of rotatable bonds is 8. The lowest BCUT2D eigenvalue weighted by Crippen LogP contribution is -2.41. The van der Waals surface area contributed by atoms with Crippen molar-refractivity contribution < 1.29 is 14.3 Å². The molecule has 1 unspecified atom stereocenters. The van der Waals surface area contributed by atoms with Crippen molar-refractivity contribution in [2.24, 2.45) is 0 Å². The number of nitrogens with one attached hydrogen (secondary N) is 1. The monoisotopic (exact) mass is 295 g/mol. The van der Waals surface area contributed by atoms with Gasteiger partial charge in [-0.05, 0) is 38.0 Å². The largest absolute Gasteiger partial charge is 0.497 e. The highest BCUT2D eigenvalue weighted by Gasteiger charge is 2.29. The maximum atomic E-state index is 11.9. The Hall–Kier alpha value is -1.20. The van der Waals surface area contributed by atoms with E-state index in [4.69, 9.17) is 9.47 Å². The van der Waals surface area contributed by atoms with Crippen molar-refractivity contribution in [1.29, 1.82) is 0 Å². The Kier molecular flexibility index (Phi) is 5.73. The Morgan fingerprint density at radius 2 is 2.30 bits per heavy atom. The van der Waals surface area contributed by atoms with Crippen LogP contribution in [0.25, 0.3) is 0 Å². The Bertz CT molecular complexity index is 448. The zero-order valence-electron chi connectivity index (χ0n) is 11.9. The summed E-state index contributed by atoms with van der Waals surface area (Å²) < 4.78 is 10.3. The van der Waals surface area contributed by atoms with Crippen LogP contribution in [0.5, 0.6) is 5.75 Å². The fourth-order valence-corrected chi connectivity index (χ4v) is 2.80. The molecule has 1 saturated carbocycles. The fraction of sp³-hybridized carbons (Fsp3) is 0.533. The maximum absolute atomic E-state index is 11.9. The second kappa shape index (κ2) is 7.55. The molecule has 5 heteroatoms. The summed E-state index contributed by atoms with van der Waals surface area (Å²) in [6.45, 7) is 2.26. The van der Waals surface area contributed by atoms with Crippen molar-refractivity contribution in [2.45, 2.75) is 36.7 Å². The quantitative estimate of drug-likeness (QED) is 0.590. The molecule has 0 bridgehead atoms. The second-order valence-corrected chi connectivity index (χ2v) is 5.83. The average molecular weight is 295 g/mol. The molecule has 1 aliphatic carbocycles. The van der Waals surface area contributed by atoms with Crippen molar-refractivity contribution in [3.05, 3.63) is 24.3 Å². The normalized spacial score (nSPS) is 15.7. The zero-order valence-corrected chi connectivity index (χ0v) is 12.7. The van der Waals surface area contributed by atoms with Crippen molar-refractivity contribution >= 4 is 17.7 Å². The van der Waals surface area contributed by atoms with Gasteiger partial charge in [-0.15, -0.1) is 11.8 Å². The molecule has 0 saturated heterocycles. The standard InChI is InChI=1S/C15H21NO3S/c1-3-19-15(17)14(16-11-7-8-11)10-20-13-6-4-5-12(9-13)18-2/h4-6,9,11,14,16H,3,7-8,10H2,1-2H3. The summed E-state index contributed by atoms with van der Waals surface area (Å²) in [5.41, 5.74) is 0. The molecule has 0 radical (unpaired) electrons. The molecule has 0 aliphatic heterocycles. The molecule has 1 atom stereocenters. The van der Waals surface area contributed by atoms with Crippen LogP contribution in [-0.2, 0) is 9.53 Å². The predicted octanol–water partition coefficient (Wildman–Crippen LogP) is 2.47. The number of carbonyl (C=O) groups excluding carboxylic acids is 1. The van der Waals surface area contributed by atoms with E-state index in [1.54, 1.807) is 18.9 Å². The number of esters is 1. The fourth-order valence-electron chi connectivity index (χ4n) is 1.83. The molecule has 1 fully saturated rings. The number of thioether (sulfide) groups is 1. The molecule has 1 aromatic rings. The summed E-state index contributed by atoms with van der Waals surface area (Å²) >= 11 is 1.64. The van der Waals surface area contributed by atoms with Crippen LogP contribution >= 0.6 is 11.8 Å². The molecular formula is C15H21NO3S. The smallest absolute Gasteiger partial charge is 0.324 e. The first-order valence-corrected chi connectivity index (χ1v) is 7.91. The van der Waals surface area contributed by atoms with Crippen molar-refractivity contribution in [3.8, 4) is 5.75 Å². The third kappa shape index (κ3) is 4.72. The zero-order chi connectivity index (χ0) is 14.4. The van der Waals surface area contributed by atoms with Gasteiger partial charge in [0.2, 0.25) is 0 Å². The van der Waals surface area contributed by atoms with Crippen molar-refractivity contribution in [2.75, 3.05) is 19.5 Å². The SMILES string of the molecule is CCOC(=O)C(CSc1cccc(OC)c1)NC1CC1. The first kappa shape index (κ1) is 15.2. The third-order valence-corrected chi connectivity index (χ3v) is 4.13. The number of ether oxygens (including phenoxy) is 2. The molecule has 0 amide bonds. The van der Waals surface area contributed by atoms with Gasteiger partial charge in [-0.25, -0.2) is 0 Å². The maximum Gasteiger partial charge on any atom is 0.324 e. The van der Waals surface area contributed by atoms with E-state index in [1.165, 1.54) is 0 Å². The van der Waals surface area contributed by atoms with E-state index in [9.17, 15) is 4.79 Å². The highest BCUT2D eigenvalue weighted by Crippen LogP contribution is 2.25. The first-order chi connectivity index (χ1) is 9.72. The molecule has 1 aromatic carbocycles. The van der Waals surface area contributed by atoms with Crippen LogP contribution in [0, 0.1) is 0 Å². The van der Waals surface area contributed by atoms with Crippen LogP contribution in [0.4, 0.5) is 0 Å². The Labute approximate surface area is 124 Å². The molecule has 110 valence electrons. The highest BCUT2D eigenvalue weighted by molar-refractivity contribution is 7.99. The molecule has 0 aromatic heterocycles. The predicted molar refractivity (Wildman–Crippen MR) is 80.3 cm³/mol. The number of carbonyl (C=O) groups is 1. The third-order valence-electron chi connectivity index (χ3n) is 3.04. The minimum Gasteiger partial charge on any atom is -0.497 e. The van der Waals surface area contributed by atoms with E-state index < -0.39 is 0 Å². The van der Waals surface area contributed by atoms with E-state index >= 15 is 0 Å². The van der Waals surface area contributed by atoms with Gasteiger partial charge < -0.3 is 14.8 Å². The topological polar surface area (TPSA) is 47.6 Å². The summed E-state index contributed by atoms with van der Waals surface area (Å²) in [6, 6.07) is 8.11. The molecule has 1 N–H and O–H groups in total. The van der Waals surface area contributed by atoms with Gasteiger partial charge in [0.15, 0.2) is 0 Å². The van der Waals surface area contributed by atoms with Gasteiger partial charge >= 0.3 is 5.97 Å². The number of benzene rings is 1. The minimum atomic E-state index is -0.237. The summed E-state index contributed by atoms with van der Waals surface area (Å²) in [5, 5.41) is 3.35. The first-order valence-electron chi connectivity index (χ1n) is 6.92. The van der Waals surface area contributed by atoms with E-state index in [0.717, 1.165) is 23.5 Å². The van der Waals surface area contributed by atoms with Gasteiger partial charge in [-0.3, -0.25) is 4.79 Å². The second-order valence-electron chi connectivity index (χ2n) is 4.74. The van der Waals surface area contributed by atoms with E-state index in [1.807, 2.05) is 31.2 Å². The lowest BCUT2D eigenvalue weighted by molar-refractivity contribution is -0.145. The van der Waals surface area contributed by atoms with Crippen LogP contribution < -0.4 is 10.1 Å². The lowest BCUT2D eigenvalue weighted by atomic mass is 10.3. The summed E-state index contributed by atoms with van der Waals surface area (Å²) in [5.74, 6) is 1.34. The molecule has 20 heavy (non-hydrogen) atoms. The van der Waals surface area contributed by atoms with Gasteiger partial charge in [0, 0.05) is 16.7 Å². The van der Waals surface area contributed by atoms with Crippen LogP contribution in [0.3, 0.4) is 0 Å². The van der Waals surface area contributed by atoms with Gasteiger partial charge in [-0.2, -0.15) is 0 Å². The Balaban J connectivity index is 1.90. The van der Waals surface area contributed by atoms with Gasteiger partial charge in [0.25, 0.3) is 0 Å². The minimum absolute atomic E-state index is 0.158. The molecule has 0 heterocycles. The number of methoxy groups -OCH3 is 1. The summed E-state index contributed by atoms with van der Waals surface area (Å²) in [7, 11) is 1.65. The van der Waals surface area contributed by atoms with E-state index in [-0.39, 0.29) is 12.0 Å². The van der Waals surface area contributed by atoms with Gasteiger partial charge in [-0.1, -0.05) is 6.07 Å². The molecule has 2 rings (SSSR count). The van der Waals surface area contributed by atoms with Gasteiger partial charge in [0.05, 0.1) is 13.7 Å². The van der Waals surface area contributed by atoms with E-state index in [0.29, 0.717) is 18.4 Å². The van der Waals surface area contributed by atoms with Gasteiger partial charge in [0.1, 0.15) is 11.8 Å². The van der Waals surface area contributed by atoms with E-state index in [2.05, 4.69) is 5.32 Å². The van der Waals surface area contributed by atoms with Crippen LogP contribution in [0.2, 0.25) is 0 Å². The van der Waals surface area contributed by atoms with Crippen LogP contribution in [0.1, 0.15) is 19.8 Å². The highest BCUT2D eigenvalue weighted by atomic mass is 32.2. The van der Waals surface area contributed by atoms with Crippen molar-refractivity contribution in [1.82, 2.24) is 5.32 Å². The number of hydrogen-bond donors (Lipinski definition) is 1. The van der Waals surface area contributed by atoms with Crippen LogP contribution in [-0.4, -0.2) is 37.5 Å². The average Bonchev–Trinajstić information content (AvgIpc) is 3.28. The molecular weight excluding hydrogens is 274 g/mol. The molecule has 1 aliphatic rings. The lowest BCUT2D eigenvalue weighted by Gasteiger charge is -2.16. The van der Waals surface area contributed by atoms with Crippen molar-refractivity contribution in [3.63, 3.8) is 0 Å². The Morgan fingerprint density at radius 3 is 2.95 bits per heavy atom. The Morgan fingerprint density at radius 1 is 1.50 bits per heavy atom. The summed E-state index contributed by atoms with van der Waals surface area (Å²) in [4.78, 5) is 13.0. The molecule has 4 nitrogen and oxygen atoms in total.